The summed E-state index contributed by atoms with van der Waals surface area (Å²) in [5, 5.41) is 5.00. The van der Waals surface area contributed by atoms with E-state index in [1.165, 1.54) is 4.88 Å². The van der Waals surface area contributed by atoms with E-state index in [0.29, 0.717) is 19.7 Å². The summed E-state index contributed by atoms with van der Waals surface area (Å²) in [6.45, 7) is 4.99. The Balaban J connectivity index is 1.44. The average molecular weight is 346 g/mol. The fraction of sp³-hybridized carbons (Fsp3) is 0.389. The lowest BCUT2D eigenvalue weighted by Crippen LogP contribution is -2.44. The number of likely N-dealkylation sites (N-methyl/N-ethyl adjacent to an activating group) is 1. The van der Waals surface area contributed by atoms with Crippen molar-refractivity contribution in [2.45, 2.75) is 19.6 Å². The van der Waals surface area contributed by atoms with Crippen LogP contribution in [0.1, 0.15) is 11.8 Å². The fourth-order valence-corrected chi connectivity index (χ4v) is 3.30. The maximum absolute atomic E-state index is 12.2. The van der Waals surface area contributed by atoms with Crippen LogP contribution in [0.2, 0.25) is 0 Å². The zero-order valence-corrected chi connectivity index (χ0v) is 14.6. The number of nitrogens with zero attached hydrogens (tertiary/aromatic N) is 1. The molecule has 0 aliphatic carbocycles. The van der Waals surface area contributed by atoms with E-state index in [1.54, 1.807) is 11.3 Å². The summed E-state index contributed by atoms with van der Waals surface area (Å²) in [6, 6.07) is 11.7. The first-order valence-electron chi connectivity index (χ1n) is 8.14. The van der Waals surface area contributed by atoms with Crippen molar-refractivity contribution in [1.82, 2.24) is 10.2 Å². The number of hydrogen-bond donors (Lipinski definition) is 1. The molecule has 0 saturated heterocycles. The number of ether oxygens (including phenoxy) is 2. The van der Waals surface area contributed by atoms with E-state index in [-0.39, 0.29) is 12.0 Å². The topological polar surface area (TPSA) is 50.8 Å². The molecule has 0 unspecified atom stereocenters. The number of para-hydroxylation sites is 2. The standard InChI is InChI=1S/C18H22N2O3S/c1-2-20(11-15-6-5-9-24-15)12-18(21)19-10-14-13-22-16-7-3-4-8-17(16)23-14/h3-9,14H,2,10-13H2,1H3,(H,19,21)/t14-/m1/s1. The molecule has 1 amide bonds. The van der Waals surface area contributed by atoms with Crippen LogP contribution in [0.15, 0.2) is 41.8 Å². The van der Waals surface area contributed by atoms with Gasteiger partial charge in [0.15, 0.2) is 11.5 Å². The van der Waals surface area contributed by atoms with Crippen LogP contribution in [-0.4, -0.2) is 43.2 Å². The van der Waals surface area contributed by atoms with E-state index in [9.17, 15) is 4.79 Å². The summed E-state index contributed by atoms with van der Waals surface area (Å²) in [4.78, 5) is 15.6. The van der Waals surface area contributed by atoms with Gasteiger partial charge in [-0.3, -0.25) is 9.69 Å². The number of carbonyl (C=O) groups is 1. The minimum Gasteiger partial charge on any atom is -0.486 e. The maximum atomic E-state index is 12.2. The zero-order valence-electron chi connectivity index (χ0n) is 13.7. The van der Waals surface area contributed by atoms with Crippen molar-refractivity contribution in [1.29, 1.82) is 0 Å². The van der Waals surface area contributed by atoms with Gasteiger partial charge in [-0.2, -0.15) is 0 Å². The summed E-state index contributed by atoms with van der Waals surface area (Å²) in [5.41, 5.74) is 0. The Kier molecular flexibility index (Phi) is 5.72. The quantitative estimate of drug-likeness (QED) is 0.837. The predicted molar refractivity (Wildman–Crippen MR) is 94.6 cm³/mol. The van der Waals surface area contributed by atoms with Gasteiger partial charge >= 0.3 is 0 Å². The molecule has 128 valence electrons. The van der Waals surface area contributed by atoms with E-state index >= 15 is 0 Å². The van der Waals surface area contributed by atoms with E-state index < -0.39 is 0 Å². The second kappa shape index (κ2) is 8.17. The number of fused-ring (bicyclic) bond motifs is 1. The highest BCUT2D eigenvalue weighted by Crippen LogP contribution is 2.30. The van der Waals surface area contributed by atoms with Crippen LogP contribution in [-0.2, 0) is 11.3 Å². The number of rotatable bonds is 7. The molecule has 5 nitrogen and oxygen atoms in total. The number of benzene rings is 1. The van der Waals surface area contributed by atoms with Gasteiger partial charge < -0.3 is 14.8 Å². The lowest BCUT2D eigenvalue weighted by atomic mass is 10.2. The van der Waals surface area contributed by atoms with Gasteiger partial charge in [-0.1, -0.05) is 25.1 Å². The van der Waals surface area contributed by atoms with Crippen molar-refractivity contribution in [3.63, 3.8) is 0 Å². The Bertz CT molecular complexity index is 660. The van der Waals surface area contributed by atoms with Crippen molar-refractivity contribution in [3.05, 3.63) is 46.7 Å². The molecular weight excluding hydrogens is 324 g/mol. The summed E-state index contributed by atoms with van der Waals surface area (Å²) in [7, 11) is 0. The van der Waals surface area contributed by atoms with Crippen LogP contribution in [0.25, 0.3) is 0 Å². The van der Waals surface area contributed by atoms with Gasteiger partial charge in [0.2, 0.25) is 5.91 Å². The molecule has 1 atom stereocenters. The van der Waals surface area contributed by atoms with Crippen LogP contribution < -0.4 is 14.8 Å². The molecule has 0 spiro atoms. The third-order valence-corrected chi connectivity index (χ3v) is 4.73. The van der Waals surface area contributed by atoms with Crippen molar-refractivity contribution in [3.8, 4) is 11.5 Å². The molecular formula is C18H22N2O3S. The minimum atomic E-state index is -0.156. The highest BCUT2D eigenvalue weighted by molar-refractivity contribution is 7.09. The Hall–Kier alpha value is -2.05. The zero-order chi connectivity index (χ0) is 16.8. The van der Waals surface area contributed by atoms with E-state index in [4.69, 9.17) is 9.47 Å². The normalized spacial score (nSPS) is 16.2. The summed E-state index contributed by atoms with van der Waals surface area (Å²) >= 11 is 1.71. The molecule has 1 aliphatic heterocycles. The third-order valence-electron chi connectivity index (χ3n) is 3.87. The Morgan fingerprint density at radius 2 is 2.12 bits per heavy atom. The number of carbonyl (C=O) groups excluding carboxylic acids is 1. The number of hydrogen-bond acceptors (Lipinski definition) is 5. The maximum Gasteiger partial charge on any atom is 0.234 e. The lowest BCUT2D eigenvalue weighted by molar-refractivity contribution is -0.122. The molecule has 2 aromatic rings. The van der Waals surface area contributed by atoms with Gasteiger partial charge in [0, 0.05) is 11.4 Å². The van der Waals surface area contributed by atoms with Crippen molar-refractivity contribution < 1.29 is 14.3 Å². The Labute approximate surface area is 146 Å². The molecule has 1 aromatic heterocycles. The van der Waals surface area contributed by atoms with Crippen molar-refractivity contribution in [2.75, 3.05) is 26.2 Å². The molecule has 0 fully saturated rings. The first-order valence-corrected chi connectivity index (χ1v) is 9.02. The van der Waals surface area contributed by atoms with Crippen LogP contribution >= 0.6 is 11.3 Å². The molecule has 0 saturated carbocycles. The first-order chi connectivity index (χ1) is 11.7. The molecule has 24 heavy (non-hydrogen) atoms. The number of nitrogens with one attached hydrogen (secondary N) is 1. The summed E-state index contributed by atoms with van der Waals surface area (Å²) in [5.74, 6) is 1.50. The van der Waals surface area contributed by atoms with Crippen LogP contribution in [0.3, 0.4) is 0 Å². The molecule has 1 aromatic carbocycles. The molecule has 3 rings (SSSR count). The van der Waals surface area contributed by atoms with Gasteiger partial charge in [0.1, 0.15) is 12.7 Å². The molecule has 1 N–H and O–H groups in total. The second-order valence-electron chi connectivity index (χ2n) is 5.68. The van der Waals surface area contributed by atoms with E-state index in [0.717, 1.165) is 24.6 Å². The molecule has 2 heterocycles. The highest BCUT2D eigenvalue weighted by Gasteiger charge is 2.21. The number of amides is 1. The van der Waals surface area contributed by atoms with Gasteiger partial charge in [0.25, 0.3) is 0 Å². The predicted octanol–water partition coefficient (Wildman–Crippen LogP) is 2.53. The summed E-state index contributed by atoms with van der Waals surface area (Å²) in [6.07, 6.45) is -0.156. The second-order valence-corrected chi connectivity index (χ2v) is 6.72. The molecule has 0 radical (unpaired) electrons. The molecule has 6 heteroatoms. The summed E-state index contributed by atoms with van der Waals surface area (Å²) < 4.78 is 11.5. The average Bonchev–Trinajstić information content (AvgIpc) is 3.12. The lowest BCUT2D eigenvalue weighted by Gasteiger charge is -2.27. The highest BCUT2D eigenvalue weighted by atomic mass is 32.1. The van der Waals surface area contributed by atoms with Crippen molar-refractivity contribution in [2.24, 2.45) is 0 Å². The van der Waals surface area contributed by atoms with Gasteiger partial charge in [-0.15, -0.1) is 11.3 Å². The fourth-order valence-electron chi connectivity index (χ4n) is 2.55. The SMILES string of the molecule is CCN(CC(=O)NC[C@@H]1COc2ccccc2O1)Cc1cccs1. The minimum absolute atomic E-state index is 0.0101. The Morgan fingerprint density at radius 3 is 2.88 bits per heavy atom. The first kappa shape index (κ1) is 16.8. The van der Waals surface area contributed by atoms with E-state index in [1.807, 2.05) is 30.3 Å². The largest absolute Gasteiger partial charge is 0.486 e. The van der Waals surface area contributed by atoms with Gasteiger partial charge in [-0.25, -0.2) is 0 Å². The van der Waals surface area contributed by atoms with Crippen molar-refractivity contribution >= 4 is 17.2 Å². The van der Waals surface area contributed by atoms with Gasteiger partial charge in [0.05, 0.1) is 13.1 Å². The van der Waals surface area contributed by atoms with E-state index in [2.05, 4.69) is 28.6 Å². The van der Waals surface area contributed by atoms with Crippen LogP contribution in [0.4, 0.5) is 0 Å². The van der Waals surface area contributed by atoms with Crippen LogP contribution in [0, 0.1) is 0 Å². The van der Waals surface area contributed by atoms with Gasteiger partial charge in [-0.05, 0) is 30.1 Å². The van der Waals surface area contributed by atoms with Crippen LogP contribution in [0.5, 0.6) is 11.5 Å². The monoisotopic (exact) mass is 346 g/mol. The third kappa shape index (κ3) is 4.49. The Morgan fingerprint density at radius 1 is 1.29 bits per heavy atom. The number of thiophene rings is 1. The molecule has 0 bridgehead atoms. The molecule has 1 aliphatic rings. The smallest absolute Gasteiger partial charge is 0.234 e.